The zero-order valence-corrected chi connectivity index (χ0v) is 21.3. The van der Waals surface area contributed by atoms with Crippen LogP contribution >= 0.6 is 0 Å². The van der Waals surface area contributed by atoms with Crippen molar-refractivity contribution in [3.63, 3.8) is 0 Å². The number of ether oxygens (including phenoxy) is 2. The average Bonchev–Trinajstić information content (AvgIpc) is 2.89. The van der Waals surface area contributed by atoms with E-state index in [4.69, 9.17) is 14.7 Å². The number of carbonyl (C=O) groups is 1. The normalized spacial score (nSPS) is 15.6. The largest absolute Gasteiger partial charge is 0.383 e. The average molecular weight is 478 g/mol. The van der Waals surface area contributed by atoms with Crippen molar-refractivity contribution in [3.8, 4) is 17.2 Å². The summed E-state index contributed by atoms with van der Waals surface area (Å²) in [6, 6.07) is 19.1. The fraction of sp³-hybridized carbons (Fsp3) is 0.517. The number of methoxy groups -OCH3 is 1. The van der Waals surface area contributed by atoms with E-state index in [1.165, 1.54) is 18.4 Å². The van der Waals surface area contributed by atoms with Crippen molar-refractivity contribution < 1.29 is 14.3 Å². The number of carbonyl (C=O) groups excluding carboxylic acids is 1. The second kappa shape index (κ2) is 14.0. The summed E-state index contributed by atoms with van der Waals surface area (Å²) in [5.41, 5.74) is 4.72. The number of hydrogen-bond acceptors (Lipinski definition) is 5. The Labute approximate surface area is 210 Å². The molecule has 1 aliphatic heterocycles. The van der Waals surface area contributed by atoms with Crippen molar-refractivity contribution >= 4 is 5.91 Å². The van der Waals surface area contributed by atoms with E-state index >= 15 is 0 Å². The number of hydrogen-bond donors (Lipinski definition) is 1. The Kier molecular flexibility index (Phi) is 10.7. The Balaban J connectivity index is 1.65. The third-order valence-electron chi connectivity index (χ3n) is 6.67. The smallest absolute Gasteiger partial charge is 0.249 e. The Morgan fingerprint density at radius 1 is 1.14 bits per heavy atom. The molecule has 188 valence electrons. The Hall–Kier alpha value is -2.72. The van der Waals surface area contributed by atoms with Crippen LogP contribution in [0, 0.1) is 17.2 Å². The van der Waals surface area contributed by atoms with Crippen LogP contribution in [0.15, 0.2) is 48.5 Å². The molecule has 0 unspecified atom stereocenters. The zero-order chi connectivity index (χ0) is 25.0. The molecule has 2 aromatic rings. The van der Waals surface area contributed by atoms with Gasteiger partial charge in [0.05, 0.1) is 19.3 Å². The van der Waals surface area contributed by atoms with Gasteiger partial charge in [-0.3, -0.25) is 4.79 Å². The monoisotopic (exact) mass is 477 g/mol. The van der Waals surface area contributed by atoms with Crippen LogP contribution in [0.25, 0.3) is 11.1 Å². The Morgan fingerprint density at radius 3 is 2.51 bits per heavy atom. The highest BCUT2D eigenvalue weighted by atomic mass is 16.5. The second-order valence-electron chi connectivity index (χ2n) is 9.69. The van der Waals surface area contributed by atoms with Crippen LogP contribution < -0.4 is 5.32 Å². The number of nitrogens with zero attached hydrogens (tertiary/aromatic N) is 2. The molecule has 6 heteroatoms. The molecule has 0 aliphatic carbocycles. The number of likely N-dealkylation sites (tertiary alicyclic amines) is 1. The van der Waals surface area contributed by atoms with Gasteiger partial charge in [0.15, 0.2) is 0 Å². The highest BCUT2D eigenvalue weighted by Crippen LogP contribution is 2.31. The molecule has 1 fully saturated rings. The summed E-state index contributed by atoms with van der Waals surface area (Å²) >= 11 is 0. The predicted molar refractivity (Wildman–Crippen MR) is 139 cm³/mol. The van der Waals surface area contributed by atoms with Gasteiger partial charge in [-0.1, -0.05) is 62.4 Å². The molecule has 1 atom stereocenters. The summed E-state index contributed by atoms with van der Waals surface area (Å²) in [7, 11) is 1.76. The molecule has 35 heavy (non-hydrogen) atoms. The van der Waals surface area contributed by atoms with E-state index < -0.39 is 6.10 Å². The summed E-state index contributed by atoms with van der Waals surface area (Å²) in [4.78, 5) is 15.0. The topological polar surface area (TPSA) is 74.6 Å². The zero-order valence-electron chi connectivity index (χ0n) is 21.3. The lowest BCUT2D eigenvalue weighted by Crippen LogP contribution is -2.37. The first-order valence-corrected chi connectivity index (χ1v) is 12.7. The van der Waals surface area contributed by atoms with Gasteiger partial charge in [-0.2, -0.15) is 5.26 Å². The molecule has 3 rings (SSSR count). The SMILES string of the molecule is COCCN1CCC(c2ccc(-c3ccccc3CO[C@@H](CC(C)C)C(=O)NCC#N)cc2)CC1. The lowest BCUT2D eigenvalue weighted by molar-refractivity contribution is -0.134. The molecule has 0 saturated carbocycles. The summed E-state index contributed by atoms with van der Waals surface area (Å²) in [5, 5.41) is 11.4. The van der Waals surface area contributed by atoms with Crippen LogP contribution in [-0.4, -0.2) is 56.8 Å². The lowest BCUT2D eigenvalue weighted by Gasteiger charge is -2.32. The lowest BCUT2D eigenvalue weighted by atomic mass is 9.88. The number of benzene rings is 2. The van der Waals surface area contributed by atoms with E-state index in [1.807, 2.05) is 18.2 Å². The predicted octanol–water partition coefficient (Wildman–Crippen LogP) is 4.75. The fourth-order valence-corrected chi connectivity index (χ4v) is 4.68. The van der Waals surface area contributed by atoms with Crippen LogP contribution in [0.2, 0.25) is 0 Å². The maximum atomic E-state index is 12.5. The van der Waals surface area contributed by atoms with Gasteiger partial charge in [0.2, 0.25) is 5.91 Å². The Morgan fingerprint density at radius 2 is 1.86 bits per heavy atom. The van der Waals surface area contributed by atoms with Crippen LogP contribution in [0.4, 0.5) is 0 Å². The van der Waals surface area contributed by atoms with Crippen molar-refractivity contribution in [2.75, 3.05) is 39.9 Å². The first-order chi connectivity index (χ1) is 17.0. The van der Waals surface area contributed by atoms with Crippen molar-refractivity contribution in [2.24, 2.45) is 5.92 Å². The van der Waals surface area contributed by atoms with Crippen LogP contribution in [0.3, 0.4) is 0 Å². The number of rotatable bonds is 12. The van der Waals surface area contributed by atoms with Crippen LogP contribution in [0.1, 0.15) is 50.2 Å². The molecule has 0 bridgehead atoms. The summed E-state index contributed by atoms with van der Waals surface area (Å²) in [6.07, 6.45) is 2.39. The van der Waals surface area contributed by atoms with Gasteiger partial charge in [0.25, 0.3) is 0 Å². The van der Waals surface area contributed by atoms with Gasteiger partial charge in [-0.25, -0.2) is 0 Å². The molecule has 1 saturated heterocycles. The minimum atomic E-state index is -0.575. The van der Waals surface area contributed by atoms with Crippen molar-refractivity contribution in [2.45, 2.75) is 51.7 Å². The van der Waals surface area contributed by atoms with E-state index in [0.29, 0.717) is 24.9 Å². The maximum absolute atomic E-state index is 12.5. The third kappa shape index (κ3) is 8.17. The molecule has 2 aromatic carbocycles. The van der Waals surface area contributed by atoms with Gasteiger partial charge in [-0.05, 0) is 66.4 Å². The molecule has 0 aromatic heterocycles. The number of nitrogens with one attached hydrogen (secondary N) is 1. The third-order valence-corrected chi connectivity index (χ3v) is 6.67. The van der Waals surface area contributed by atoms with Gasteiger partial charge in [-0.15, -0.1) is 0 Å². The fourth-order valence-electron chi connectivity index (χ4n) is 4.68. The minimum absolute atomic E-state index is 0.00803. The molecule has 1 amide bonds. The van der Waals surface area contributed by atoms with Gasteiger partial charge in [0.1, 0.15) is 12.6 Å². The van der Waals surface area contributed by atoms with E-state index in [0.717, 1.165) is 42.9 Å². The molecule has 1 N–H and O–H groups in total. The summed E-state index contributed by atoms with van der Waals surface area (Å²) in [5.74, 6) is 0.683. The van der Waals surface area contributed by atoms with Crippen molar-refractivity contribution in [1.29, 1.82) is 5.26 Å². The number of amides is 1. The van der Waals surface area contributed by atoms with E-state index in [2.05, 4.69) is 60.5 Å². The van der Waals surface area contributed by atoms with Crippen LogP contribution in [-0.2, 0) is 20.9 Å². The van der Waals surface area contributed by atoms with Gasteiger partial charge < -0.3 is 19.7 Å². The molecule has 1 heterocycles. The minimum Gasteiger partial charge on any atom is -0.383 e. The number of piperidine rings is 1. The van der Waals surface area contributed by atoms with Crippen LogP contribution in [0.5, 0.6) is 0 Å². The quantitative estimate of drug-likeness (QED) is 0.447. The summed E-state index contributed by atoms with van der Waals surface area (Å²) in [6.45, 7) is 8.51. The number of nitriles is 1. The van der Waals surface area contributed by atoms with Crippen molar-refractivity contribution in [3.05, 3.63) is 59.7 Å². The first-order valence-electron chi connectivity index (χ1n) is 12.7. The molecular formula is C29H39N3O3. The molecule has 1 aliphatic rings. The highest BCUT2D eigenvalue weighted by molar-refractivity contribution is 5.81. The van der Waals surface area contributed by atoms with Gasteiger partial charge >= 0.3 is 0 Å². The van der Waals surface area contributed by atoms with E-state index in [9.17, 15) is 4.79 Å². The molecule has 0 spiro atoms. The Bertz CT molecular complexity index is 960. The highest BCUT2D eigenvalue weighted by Gasteiger charge is 2.22. The standard InChI is InChI=1S/C29H39N3O3/c1-22(2)20-28(29(33)31-15-14-30)35-21-26-6-4-5-7-27(26)25-10-8-23(9-11-25)24-12-16-32(17-13-24)18-19-34-3/h4-11,22,24,28H,12-13,15-21H2,1-3H3,(H,31,33)/t28-/m0/s1. The van der Waals surface area contributed by atoms with Gasteiger partial charge in [0, 0.05) is 13.7 Å². The molecule has 0 radical (unpaired) electrons. The second-order valence-corrected chi connectivity index (χ2v) is 9.69. The molecule has 6 nitrogen and oxygen atoms in total. The van der Waals surface area contributed by atoms with Crippen molar-refractivity contribution in [1.82, 2.24) is 10.2 Å². The van der Waals surface area contributed by atoms with E-state index in [-0.39, 0.29) is 12.5 Å². The molecular weight excluding hydrogens is 438 g/mol. The summed E-state index contributed by atoms with van der Waals surface area (Å²) < 4.78 is 11.3. The maximum Gasteiger partial charge on any atom is 0.249 e. The first kappa shape index (κ1) is 26.9. The van der Waals surface area contributed by atoms with E-state index in [1.54, 1.807) is 7.11 Å².